The van der Waals surface area contributed by atoms with E-state index in [4.69, 9.17) is 5.11 Å². The standard InChI is InChI=1S/C10H11F2O/c1-6(7(2)13)8-4-3-5-9(11)10(8)12/h3-7,13H,1H2,2H3. The number of benzene rings is 1. The third kappa shape index (κ3) is 2.04. The Hall–Kier alpha value is -0.960. The van der Waals surface area contributed by atoms with Gasteiger partial charge in [0.15, 0.2) is 11.6 Å². The zero-order valence-electron chi connectivity index (χ0n) is 7.30. The van der Waals surface area contributed by atoms with E-state index in [1.807, 2.05) is 0 Å². The van der Waals surface area contributed by atoms with E-state index in [-0.39, 0.29) is 5.56 Å². The average Bonchev–Trinajstić information content (AvgIpc) is 2.08. The molecule has 1 rings (SSSR count). The summed E-state index contributed by atoms with van der Waals surface area (Å²) in [5.41, 5.74) is 0.106. The predicted molar refractivity (Wildman–Crippen MR) is 46.1 cm³/mol. The highest BCUT2D eigenvalue weighted by Gasteiger charge is 2.17. The van der Waals surface area contributed by atoms with Crippen LogP contribution in [0.4, 0.5) is 8.78 Å². The summed E-state index contributed by atoms with van der Waals surface area (Å²) in [6.07, 6.45) is -0.795. The first-order chi connectivity index (χ1) is 6.04. The van der Waals surface area contributed by atoms with Crippen LogP contribution in [-0.2, 0) is 0 Å². The lowest BCUT2D eigenvalue weighted by atomic mass is 9.96. The summed E-state index contributed by atoms with van der Waals surface area (Å²) >= 11 is 0. The van der Waals surface area contributed by atoms with Crippen LogP contribution in [0, 0.1) is 18.6 Å². The van der Waals surface area contributed by atoms with Crippen molar-refractivity contribution in [2.75, 3.05) is 0 Å². The second kappa shape index (κ2) is 3.83. The lowest BCUT2D eigenvalue weighted by molar-refractivity contribution is 0.176. The van der Waals surface area contributed by atoms with Crippen molar-refractivity contribution < 1.29 is 13.9 Å². The molecule has 0 saturated heterocycles. The first kappa shape index (κ1) is 10.1. The molecule has 13 heavy (non-hydrogen) atoms. The van der Waals surface area contributed by atoms with E-state index in [0.29, 0.717) is 0 Å². The number of rotatable bonds is 2. The van der Waals surface area contributed by atoms with Crippen LogP contribution in [0.25, 0.3) is 0 Å². The minimum absolute atomic E-state index is 0.106. The number of halogens is 2. The predicted octanol–water partition coefficient (Wildman–Crippen LogP) is 2.26. The smallest absolute Gasteiger partial charge is 0.162 e. The van der Waals surface area contributed by atoms with E-state index in [1.54, 1.807) is 0 Å². The van der Waals surface area contributed by atoms with Gasteiger partial charge in [-0.2, -0.15) is 0 Å². The first-order valence-electron chi connectivity index (χ1n) is 3.99. The maximum atomic E-state index is 13.1. The van der Waals surface area contributed by atoms with Crippen molar-refractivity contribution in [2.24, 2.45) is 0 Å². The molecule has 0 spiro atoms. The molecule has 0 aliphatic rings. The molecule has 0 aliphatic carbocycles. The summed E-state index contributed by atoms with van der Waals surface area (Å²) < 4.78 is 25.8. The molecular formula is C10H11F2O. The number of hydrogen-bond donors (Lipinski definition) is 1. The van der Waals surface area contributed by atoms with Crippen LogP contribution >= 0.6 is 0 Å². The summed E-state index contributed by atoms with van der Waals surface area (Å²) in [6.45, 7) is 5.04. The molecule has 1 radical (unpaired) electrons. The summed E-state index contributed by atoms with van der Waals surface area (Å²) in [7, 11) is 0. The molecule has 2 atom stereocenters. The summed E-state index contributed by atoms with van der Waals surface area (Å²) in [4.78, 5) is 0. The van der Waals surface area contributed by atoms with Crippen LogP contribution in [-0.4, -0.2) is 11.2 Å². The molecule has 0 aromatic heterocycles. The summed E-state index contributed by atoms with van der Waals surface area (Å²) in [6, 6.07) is 3.85. The van der Waals surface area contributed by atoms with E-state index in [9.17, 15) is 8.78 Å². The van der Waals surface area contributed by atoms with Gasteiger partial charge >= 0.3 is 0 Å². The molecule has 0 saturated carbocycles. The van der Waals surface area contributed by atoms with Gasteiger partial charge in [-0.1, -0.05) is 12.1 Å². The number of hydrogen-bond acceptors (Lipinski definition) is 1. The van der Waals surface area contributed by atoms with E-state index in [0.717, 1.165) is 6.07 Å². The molecule has 71 valence electrons. The highest BCUT2D eigenvalue weighted by atomic mass is 19.2. The van der Waals surface area contributed by atoms with Gasteiger partial charge in [-0.3, -0.25) is 0 Å². The van der Waals surface area contributed by atoms with Crippen LogP contribution in [0.2, 0.25) is 0 Å². The van der Waals surface area contributed by atoms with Crippen molar-refractivity contribution >= 4 is 0 Å². The van der Waals surface area contributed by atoms with E-state index < -0.39 is 23.7 Å². The van der Waals surface area contributed by atoms with Crippen molar-refractivity contribution in [3.8, 4) is 0 Å². The molecule has 0 bridgehead atoms. The topological polar surface area (TPSA) is 20.2 Å². The van der Waals surface area contributed by atoms with Gasteiger partial charge in [-0.15, -0.1) is 0 Å². The van der Waals surface area contributed by atoms with Crippen molar-refractivity contribution in [2.45, 2.75) is 18.9 Å². The third-order valence-electron chi connectivity index (χ3n) is 1.96. The van der Waals surface area contributed by atoms with Crippen molar-refractivity contribution in [3.05, 3.63) is 42.3 Å². The zero-order valence-corrected chi connectivity index (χ0v) is 7.30. The fourth-order valence-corrected chi connectivity index (χ4v) is 1.07. The Bertz CT molecular complexity index is 297. The van der Waals surface area contributed by atoms with Crippen molar-refractivity contribution in [3.63, 3.8) is 0 Å². The van der Waals surface area contributed by atoms with Crippen molar-refractivity contribution in [1.82, 2.24) is 0 Å². The zero-order chi connectivity index (χ0) is 10.0. The quantitative estimate of drug-likeness (QED) is 0.749. The Morgan fingerprint density at radius 2 is 2.00 bits per heavy atom. The van der Waals surface area contributed by atoms with Gasteiger partial charge in [0, 0.05) is 5.92 Å². The van der Waals surface area contributed by atoms with E-state index in [2.05, 4.69) is 6.92 Å². The van der Waals surface area contributed by atoms with E-state index >= 15 is 0 Å². The van der Waals surface area contributed by atoms with Gasteiger partial charge in [0.05, 0.1) is 6.10 Å². The van der Waals surface area contributed by atoms with Gasteiger partial charge in [0.25, 0.3) is 0 Å². The summed E-state index contributed by atoms with van der Waals surface area (Å²) in [5.74, 6) is -2.48. The minimum Gasteiger partial charge on any atom is -0.393 e. The Morgan fingerprint density at radius 1 is 1.38 bits per heavy atom. The molecule has 2 unspecified atom stereocenters. The van der Waals surface area contributed by atoms with Crippen LogP contribution in [0.15, 0.2) is 18.2 Å². The van der Waals surface area contributed by atoms with Crippen LogP contribution in [0.5, 0.6) is 0 Å². The monoisotopic (exact) mass is 185 g/mol. The van der Waals surface area contributed by atoms with Gasteiger partial charge in [0.1, 0.15) is 0 Å². The van der Waals surface area contributed by atoms with Crippen LogP contribution in [0.3, 0.4) is 0 Å². The van der Waals surface area contributed by atoms with Gasteiger partial charge < -0.3 is 5.11 Å². The fraction of sp³-hybridized carbons (Fsp3) is 0.300. The Balaban J connectivity index is 3.07. The highest BCUT2D eigenvalue weighted by Crippen LogP contribution is 2.22. The van der Waals surface area contributed by atoms with Crippen LogP contribution < -0.4 is 0 Å². The largest absolute Gasteiger partial charge is 0.393 e. The Morgan fingerprint density at radius 3 is 2.54 bits per heavy atom. The molecule has 0 amide bonds. The molecule has 1 aromatic rings. The fourth-order valence-electron chi connectivity index (χ4n) is 1.07. The Labute approximate surface area is 76.0 Å². The molecule has 3 heteroatoms. The number of aliphatic hydroxyl groups excluding tert-OH is 1. The molecule has 1 aromatic carbocycles. The minimum atomic E-state index is -0.927. The maximum Gasteiger partial charge on any atom is 0.162 e. The highest BCUT2D eigenvalue weighted by molar-refractivity contribution is 5.24. The maximum absolute atomic E-state index is 13.1. The molecular weight excluding hydrogens is 174 g/mol. The van der Waals surface area contributed by atoms with Gasteiger partial charge in [-0.05, 0) is 25.5 Å². The van der Waals surface area contributed by atoms with Crippen molar-refractivity contribution in [1.29, 1.82) is 0 Å². The van der Waals surface area contributed by atoms with Gasteiger partial charge in [-0.25, -0.2) is 8.78 Å². The average molecular weight is 185 g/mol. The summed E-state index contributed by atoms with van der Waals surface area (Å²) in [5, 5.41) is 9.14. The van der Waals surface area contributed by atoms with E-state index in [1.165, 1.54) is 19.1 Å². The normalized spacial score (nSPS) is 15.5. The van der Waals surface area contributed by atoms with Gasteiger partial charge in [0.2, 0.25) is 0 Å². The lowest BCUT2D eigenvalue weighted by Crippen LogP contribution is -2.13. The lowest BCUT2D eigenvalue weighted by Gasteiger charge is -2.15. The number of aliphatic hydroxyl groups is 1. The second-order valence-electron chi connectivity index (χ2n) is 2.99. The molecule has 0 aliphatic heterocycles. The SMILES string of the molecule is [CH2]C(c1cccc(F)c1F)C(C)O. The molecule has 0 fully saturated rings. The third-order valence-corrected chi connectivity index (χ3v) is 1.96. The Kier molecular flexibility index (Phi) is 2.98. The molecule has 1 N–H and O–H groups in total. The first-order valence-corrected chi connectivity index (χ1v) is 3.99. The second-order valence-corrected chi connectivity index (χ2v) is 2.99. The van der Waals surface area contributed by atoms with Crippen LogP contribution in [0.1, 0.15) is 18.4 Å². The molecule has 1 nitrogen and oxygen atoms in total. The molecule has 0 heterocycles.